The van der Waals surface area contributed by atoms with E-state index in [0.717, 1.165) is 44.2 Å². The van der Waals surface area contributed by atoms with Gasteiger partial charge in [0.05, 0.1) is 11.5 Å². The number of nitrogens with zero attached hydrogens (tertiary/aromatic N) is 3. The van der Waals surface area contributed by atoms with Gasteiger partial charge in [0.1, 0.15) is 0 Å². The van der Waals surface area contributed by atoms with Gasteiger partial charge in [0, 0.05) is 42.5 Å². The number of carbonyl (C=O) groups is 1. The van der Waals surface area contributed by atoms with Crippen LogP contribution in [0.3, 0.4) is 0 Å². The summed E-state index contributed by atoms with van der Waals surface area (Å²) >= 11 is 5.95. The van der Waals surface area contributed by atoms with Gasteiger partial charge in [0.2, 0.25) is 5.91 Å². The number of nitrogens with one attached hydrogen (secondary N) is 1. The molecule has 0 radical (unpaired) electrons. The molecule has 0 aromatic heterocycles. The second-order valence-corrected chi connectivity index (χ2v) is 7.77. The molecule has 1 fully saturated rings. The van der Waals surface area contributed by atoms with Gasteiger partial charge in [-0.25, -0.2) is 0 Å². The maximum atomic E-state index is 12.5. The number of rotatable bonds is 6. The van der Waals surface area contributed by atoms with Crippen LogP contribution in [-0.2, 0) is 11.3 Å². The van der Waals surface area contributed by atoms with Crippen molar-refractivity contribution < 1.29 is 9.72 Å². The van der Waals surface area contributed by atoms with Gasteiger partial charge in [0.15, 0.2) is 0 Å². The van der Waals surface area contributed by atoms with Crippen LogP contribution in [0, 0.1) is 17.0 Å². The van der Waals surface area contributed by atoms with Crippen molar-refractivity contribution in [3.05, 3.63) is 68.7 Å². The van der Waals surface area contributed by atoms with Crippen LogP contribution in [0.25, 0.3) is 0 Å². The average molecular weight is 417 g/mol. The first-order chi connectivity index (χ1) is 13.9. The number of aryl methyl sites for hydroxylation is 1. The van der Waals surface area contributed by atoms with Crippen LogP contribution >= 0.6 is 11.6 Å². The van der Waals surface area contributed by atoms with Gasteiger partial charge >= 0.3 is 0 Å². The Labute approximate surface area is 175 Å². The van der Waals surface area contributed by atoms with Crippen LogP contribution in [0.1, 0.15) is 17.5 Å². The van der Waals surface area contributed by atoms with E-state index in [1.165, 1.54) is 17.7 Å². The molecule has 8 heteroatoms. The molecular formula is C21H25ClN4O3. The zero-order valence-corrected chi connectivity index (χ0v) is 17.2. The van der Waals surface area contributed by atoms with E-state index >= 15 is 0 Å². The fourth-order valence-electron chi connectivity index (χ4n) is 3.48. The van der Waals surface area contributed by atoms with Crippen molar-refractivity contribution >= 4 is 28.9 Å². The number of non-ortho nitro benzene ring substituents is 1. The van der Waals surface area contributed by atoms with Crippen LogP contribution in [0.15, 0.2) is 42.5 Å². The number of halogens is 1. The van der Waals surface area contributed by atoms with Gasteiger partial charge in [-0.15, -0.1) is 0 Å². The van der Waals surface area contributed by atoms with Gasteiger partial charge in [0.25, 0.3) is 5.69 Å². The Morgan fingerprint density at radius 1 is 1.10 bits per heavy atom. The van der Waals surface area contributed by atoms with Crippen molar-refractivity contribution in [1.29, 1.82) is 0 Å². The quantitative estimate of drug-likeness (QED) is 0.573. The van der Waals surface area contributed by atoms with Crippen LogP contribution in [0.4, 0.5) is 11.4 Å². The van der Waals surface area contributed by atoms with Gasteiger partial charge in [-0.3, -0.25) is 24.7 Å². The van der Waals surface area contributed by atoms with Crippen LogP contribution in [0.5, 0.6) is 0 Å². The minimum absolute atomic E-state index is 0.0220. The molecule has 0 atom stereocenters. The second kappa shape index (κ2) is 9.82. The van der Waals surface area contributed by atoms with E-state index in [4.69, 9.17) is 11.6 Å². The molecule has 1 aliphatic rings. The topological polar surface area (TPSA) is 78.7 Å². The lowest BCUT2D eigenvalue weighted by molar-refractivity contribution is -0.384. The van der Waals surface area contributed by atoms with Crippen LogP contribution in [0.2, 0.25) is 5.02 Å². The molecule has 1 amide bonds. The zero-order chi connectivity index (χ0) is 20.8. The maximum Gasteiger partial charge on any atom is 0.269 e. The third kappa shape index (κ3) is 6.25. The number of hydrogen-bond donors (Lipinski definition) is 1. The lowest BCUT2D eigenvalue weighted by atomic mass is 10.2. The van der Waals surface area contributed by atoms with E-state index in [9.17, 15) is 14.9 Å². The Bertz CT molecular complexity index is 873. The largest absolute Gasteiger partial charge is 0.325 e. The average Bonchev–Trinajstić information content (AvgIpc) is 2.90. The summed E-state index contributed by atoms with van der Waals surface area (Å²) < 4.78 is 0. The second-order valence-electron chi connectivity index (χ2n) is 7.34. The summed E-state index contributed by atoms with van der Waals surface area (Å²) in [4.78, 5) is 27.4. The summed E-state index contributed by atoms with van der Waals surface area (Å²) in [5.41, 5.74) is 2.54. The Hall–Kier alpha value is -2.48. The number of anilines is 1. The first-order valence-corrected chi connectivity index (χ1v) is 10.0. The zero-order valence-electron chi connectivity index (χ0n) is 16.4. The molecule has 1 saturated heterocycles. The van der Waals surface area contributed by atoms with Gasteiger partial charge < -0.3 is 5.32 Å². The highest BCUT2D eigenvalue weighted by Crippen LogP contribution is 2.21. The van der Waals surface area contributed by atoms with Crippen molar-refractivity contribution in [2.24, 2.45) is 0 Å². The summed E-state index contributed by atoms with van der Waals surface area (Å²) in [6, 6.07) is 12.4. The summed E-state index contributed by atoms with van der Waals surface area (Å²) in [6.45, 7) is 6.51. The summed E-state index contributed by atoms with van der Waals surface area (Å²) in [6.07, 6.45) is 0.997. The van der Waals surface area contributed by atoms with E-state index in [2.05, 4.69) is 15.1 Å². The number of amides is 1. The molecule has 154 valence electrons. The Kier molecular flexibility index (Phi) is 7.19. The van der Waals surface area contributed by atoms with Gasteiger partial charge in [-0.1, -0.05) is 23.7 Å². The van der Waals surface area contributed by atoms with E-state index in [1.54, 1.807) is 13.0 Å². The molecule has 2 aromatic rings. The first-order valence-electron chi connectivity index (χ1n) is 9.65. The molecule has 1 N–H and O–H groups in total. The van der Waals surface area contributed by atoms with Crippen molar-refractivity contribution in [1.82, 2.24) is 9.80 Å². The molecule has 0 saturated carbocycles. The highest BCUT2D eigenvalue weighted by Gasteiger charge is 2.18. The van der Waals surface area contributed by atoms with Gasteiger partial charge in [-0.05, 0) is 55.8 Å². The van der Waals surface area contributed by atoms with Crippen molar-refractivity contribution in [3.63, 3.8) is 0 Å². The molecule has 0 unspecified atom stereocenters. The molecule has 1 aliphatic heterocycles. The molecule has 2 aromatic carbocycles. The number of hydrogen-bond acceptors (Lipinski definition) is 5. The molecule has 29 heavy (non-hydrogen) atoms. The smallest absolute Gasteiger partial charge is 0.269 e. The van der Waals surface area contributed by atoms with Crippen molar-refractivity contribution in [3.8, 4) is 0 Å². The molecule has 0 bridgehead atoms. The first kappa shape index (κ1) is 21.2. The fourth-order valence-corrected chi connectivity index (χ4v) is 3.61. The molecule has 3 rings (SSSR count). The van der Waals surface area contributed by atoms with E-state index in [0.29, 0.717) is 17.8 Å². The normalized spacial score (nSPS) is 15.7. The Balaban J connectivity index is 1.50. The number of nitro groups is 1. The summed E-state index contributed by atoms with van der Waals surface area (Å²) in [5.74, 6) is -0.104. The number of nitro benzene ring substituents is 1. The molecule has 0 spiro atoms. The highest BCUT2D eigenvalue weighted by molar-refractivity contribution is 6.30. The number of benzene rings is 2. The van der Waals surface area contributed by atoms with Gasteiger partial charge in [-0.2, -0.15) is 0 Å². The molecular weight excluding hydrogens is 392 g/mol. The number of carbonyl (C=O) groups excluding carboxylic acids is 1. The third-order valence-corrected chi connectivity index (χ3v) is 5.31. The molecule has 1 heterocycles. The lowest BCUT2D eigenvalue weighted by Gasteiger charge is -2.21. The standard InChI is InChI=1S/C21H25ClN4O3/c1-16-13-19(26(28)29)7-8-20(16)23-21(27)15-25-10-2-9-24(11-12-25)14-17-3-5-18(22)6-4-17/h3-8,13H,2,9-12,14-15H2,1H3,(H,23,27). The molecule has 0 aliphatic carbocycles. The van der Waals surface area contributed by atoms with E-state index in [1.807, 2.05) is 24.3 Å². The van der Waals surface area contributed by atoms with E-state index in [-0.39, 0.29) is 11.6 Å². The Morgan fingerprint density at radius 3 is 2.48 bits per heavy atom. The minimum atomic E-state index is -0.439. The molecule has 7 nitrogen and oxygen atoms in total. The van der Waals surface area contributed by atoms with Crippen molar-refractivity contribution in [2.75, 3.05) is 38.0 Å². The van der Waals surface area contributed by atoms with Crippen molar-refractivity contribution in [2.45, 2.75) is 19.9 Å². The van der Waals surface area contributed by atoms with Crippen LogP contribution in [-0.4, -0.2) is 53.4 Å². The fraction of sp³-hybridized carbons (Fsp3) is 0.381. The highest BCUT2D eigenvalue weighted by atomic mass is 35.5. The summed E-state index contributed by atoms with van der Waals surface area (Å²) in [7, 11) is 0. The monoisotopic (exact) mass is 416 g/mol. The van der Waals surface area contributed by atoms with E-state index < -0.39 is 4.92 Å². The predicted octanol–water partition coefficient (Wildman–Crippen LogP) is 3.70. The maximum absolute atomic E-state index is 12.5. The predicted molar refractivity (Wildman–Crippen MR) is 114 cm³/mol. The SMILES string of the molecule is Cc1cc([N+](=O)[O-])ccc1NC(=O)CN1CCCN(Cc2ccc(Cl)cc2)CC1. The third-order valence-electron chi connectivity index (χ3n) is 5.06. The Morgan fingerprint density at radius 2 is 1.79 bits per heavy atom. The van der Waals surface area contributed by atoms with Crippen LogP contribution < -0.4 is 5.32 Å². The summed E-state index contributed by atoms with van der Waals surface area (Å²) in [5, 5.41) is 14.5. The lowest BCUT2D eigenvalue weighted by Crippen LogP contribution is -2.36. The minimum Gasteiger partial charge on any atom is -0.325 e.